The molecule has 0 saturated carbocycles. The number of nitrogens with one attached hydrogen (secondary N) is 1. The highest BCUT2D eigenvalue weighted by atomic mass is 32.1. The largest absolute Gasteiger partial charge is 0.480 e. The van der Waals surface area contributed by atoms with Gasteiger partial charge in [0.05, 0.1) is 0 Å². The van der Waals surface area contributed by atoms with Crippen LogP contribution in [0.5, 0.6) is 0 Å². The fourth-order valence-corrected chi connectivity index (χ4v) is 3.17. The first-order valence-corrected chi connectivity index (χ1v) is 12.0. The van der Waals surface area contributed by atoms with Crippen molar-refractivity contribution >= 4 is 30.5 Å². The Morgan fingerprint density at radius 2 is 1.40 bits per heavy atom. The molecule has 30 heavy (non-hydrogen) atoms. The number of ether oxygens (including phenoxy) is 2. The SMILES string of the molecule is CCCCCCCC(=O)OCC(CN[C@@H](CS)C(=O)O)OC(=O)CCCCCCC. The minimum atomic E-state index is -1.03. The summed E-state index contributed by atoms with van der Waals surface area (Å²) in [6.07, 6.45) is 10.2. The number of unbranched alkanes of at least 4 members (excludes halogenated alkanes) is 8. The van der Waals surface area contributed by atoms with Crippen LogP contribution >= 0.6 is 12.6 Å². The fraction of sp³-hybridized carbons (Fsp3) is 0.864. The first-order valence-electron chi connectivity index (χ1n) is 11.4. The number of thiol groups is 1. The first-order chi connectivity index (χ1) is 14.4. The number of carboxylic acid groups (broad SMARTS) is 1. The Balaban J connectivity index is 4.43. The topological polar surface area (TPSA) is 102 Å². The van der Waals surface area contributed by atoms with Gasteiger partial charge in [-0.1, -0.05) is 65.2 Å². The van der Waals surface area contributed by atoms with Crippen LogP contribution in [0, 0.1) is 0 Å². The molecule has 0 rings (SSSR count). The second-order valence-electron chi connectivity index (χ2n) is 7.60. The minimum Gasteiger partial charge on any atom is -0.480 e. The Kier molecular flexibility index (Phi) is 18.8. The van der Waals surface area contributed by atoms with E-state index in [2.05, 4.69) is 31.8 Å². The average Bonchev–Trinajstić information content (AvgIpc) is 2.71. The van der Waals surface area contributed by atoms with E-state index in [9.17, 15) is 14.4 Å². The third kappa shape index (κ3) is 16.5. The van der Waals surface area contributed by atoms with Gasteiger partial charge >= 0.3 is 17.9 Å². The summed E-state index contributed by atoms with van der Waals surface area (Å²) in [5.41, 5.74) is 0. The summed E-state index contributed by atoms with van der Waals surface area (Å²) < 4.78 is 10.7. The molecule has 2 N–H and O–H groups in total. The van der Waals surface area contributed by atoms with E-state index in [1.54, 1.807) is 0 Å². The molecule has 0 radical (unpaired) electrons. The Morgan fingerprint density at radius 3 is 1.90 bits per heavy atom. The van der Waals surface area contributed by atoms with Crippen molar-refractivity contribution in [2.75, 3.05) is 18.9 Å². The number of carbonyl (C=O) groups excluding carboxylic acids is 2. The van der Waals surface area contributed by atoms with Gasteiger partial charge in [0.2, 0.25) is 0 Å². The molecule has 8 heteroatoms. The predicted octanol–water partition coefficient (Wildman–Crippen LogP) is 4.14. The summed E-state index contributed by atoms with van der Waals surface area (Å²) in [5.74, 6) is -1.61. The molecule has 0 aromatic carbocycles. The smallest absolute Gasteiger partial charge is 0.321 e. The van der Waals surface area contributed by atoms with Crippen LogP contribution in [0.4, 0.5) is 0 Å². The van der Waals surface area contributed by atoms with Crippen molar-refractivity contribution in [2.24, 2.45) is 0 Å². The van der Waals surface area contributed by atoms with Gasteiger partial charge in [0.25, 0.3) is 0 Å². The number of carbonyl (C=O) groups is 3. The lowest BCUT2D eigenvalue weighted by Gasteiger charge is -2.20. The number of rotatable bonds is 20. The lowest BCUT2D eigenvalue weighted by molar-refractivity contribution is -0.159. The molecule has 0 aliphatic heterocycles. The van der Waals surface area contributed by atoms with Crippen LogP contribution in [0.2, 0.25) is 0 Å². The zero-order chi connectivity index (χ0) is 22.6. The molecule has 0 aromatic rings. The normalized spacial score (nSPS) is 12.9. The van der Waals surface area contributed by atoms with E-state index in [-0.39, 0.29) is 30.8 Å². The Bertz CT molecular complexity index is 475. The maximum atomic E-state index is 12.1. The van der Waals surface area contributed by atoms with Crippen LogP contribution in [0.15, 0.2) is 0 Å². The molecular weight excluding hydrogens is 406 g/mol. The van der Waals surface area contributed by atoms with Gasteiger partial charge in [-0.25, -0.2) is 0 Å². The molecule has 176 valence electrons. The quantitative estimate of drug-likeness (QED) is 0.146. The number of aliphatic carboxylic acids is 1. The van der Waals surface area contributed by atoms with E-state index < -0.39 is 18.1 Å². The Morgan fingerprint density at radius 1 is 0.867 bits per heavy atom. The standard InChI is InChI=1S/C22H41NO6S/c1-3-5-7-9-11-13-20(24)28-16-18(15-23-19(17-30)22(26)27)29-21(25)14-12-10-8-6-4-2/h18-19,23,30H,3-17H2,1-2H3,(H,26,27)/t18?,19-/m0/s1. The van der Waals surface area contributed by atoms with Gasteiger partial charge in [-0.2, -0.15) is 12.6 Å². The highest BCUT2D eigenvalue weighted by Gasteiger charge is 2.21. The summed E-state index contributed by atoms with van der Waals surface area (Å²) in [6.45, 7) is 4.27. The van der Waals surface area contributed by atoms with Crippen molar-refractivity contribution in [3.63, 3.8) is 0 Å². The molecule has 0 aliphatic carbocycles. The molecule has 0 fully saturated rings. The van der Waals surface area contributed by atoms with Crippen molar-refractivity contribution in [2.45, 2.75) is 103 Å². The van der Waals surface area contributed by atoms with Crippen LogP contribution in [0.1, 0.15) is 90.9 Å². The molecule has 0 heterocycles. The van der Waals surface area contributed by atoms with Gasteiger partial charge in [-0.05, 0) is 12.8 Å². The monoisotopic (exact) mass is 447 g/mol. The van der Waals surface area contributed by atoms with Crippen molar-refractivity contribution < 1.29 is 29.0 Å². The molecule has 2 atom stereocenters. The first kappa shape index (κ1) is 28.7. The molecule has 0 aliphatic rings. The van der Waals surface area contributed by atoms with E-state index in [4.69, 9.17) is 14.6 Å². The molecule has 0 saturated heterocycles. The number of hydrogen-bond donors (Lipinski definition) is 3. The van der Waals surface area contributed by atoms with E-state index in [1.165, 1.54) is 0 Å². The Hall–Kier alpha value is -1.28. The third-order valence-corrected chi connectivity index (χ3v) is 5.13. The second-order valence-corrected chi connectivity index (χ2v) is 7.97. The van der Waals surface area contributed by atoms with Crippen LogP contribution < -0.4 is 5.32 Å². The third-order valence-electron chi connectivity index (χ3n) is 4.77. The van der Waals surface area contributed by atoms with Crippen LogP contribution in [-0.4, -0.2) is 54.1 Å². The van der Waals surface area contributed by atoms with Crippen LogP contribution in [0.25, 0.3) is 0 Å². The highest BCUT2D eigenvalue weighted by molar-refractivity contribution is 7.80. The number of esters is 2. The Labute approximate surface area is 187 Å². The number of hydrogen-bond acceptors (Lipinski definition) is 7. The lowest BCUT2D eigenvalue weighted by atomic mass is 10.1. The van der Waals surface area contributed by atoms with Gasteiger partial charge in [0.15, 0.2) is 0 Å². The maximum Gasteiger partial charge on any atom is 0.321 e. The molecule has 7 nitrogen and oxygen atoms in total. The summed E-state index contributed by atoms with van der Waals surface area (Å²) in [7, 11) is 0. The lowest BCUT2D eigenvalue weighted by Crippen LogP contribution is -2.44. The van der Waals surface area contributed by atoms with Crippen molar-refractivity contribution in [1.29, 1.82) is 0 Å². The molecule has 0 amide bonds. The molecule has 0 aromatic heterocycles. The number of carboxylic acids is 1. The molecule has 0 bridgehead atoms. The van der Waals surface area contributed by atoms with Crippen LogP contribution in [0.3, 0.4) is 0 Å². The van der Waals surface area contributed by atoms with Crippen LogP contribution in [-0.2, 0) is 23.9 Å². The average molecular weight is 448 g/mol. The van der Waals surface area contributed by atoms with Gasteiger partial charge in [-0.3, -0.25) is 19.7 Å². The van der Waals surface area contributed by atoms with E-state index in [0.29, 0.717) is 12.8 Å². The summed E-state index contributed by atoms with van der Waals surface area (Å²) in [6, 6.07) is -0.863. The predicted molar refractivity (Wildman–Crippen MR) is 121 cm³/mol. The van der Waals surface area contributed by atoms with Crippen molar-refractivity contribution in [3.05, 3.63) is 0 Å². The maximum absolute atomic E-state index is 12.1. The summed E-state index contributed by atoms with van der Waals surface area (Å²) in [5, 5.41) is 11.9. The van der Waals surface area contributed by atoms with E-state index >= 15 is 0 Å². The highest BCUT2D eigenvalue weighted by Crippen LogP contribution is 2.09. The van der Waals surface area contributed by atoms with Crippen molar-refractivity contribution in [1.82, 2.24) is 5.32 Å². The van der Waals surface area contributed by atoms with Crippen molar-refractivity contribution in [3.8, 4) is 0 Å². The van der Waals surface area contributed by atoms with Gasteiger partial charge in [0.1, 0.15) is 18.8 Å². The van der Waals surface area contributed by atoms with Gasteiger partial charge in [-0.15, -0.1) is 0 Å². The van der Waals surface area contributed by atoms with Gasteiger partial charge < -0.3 is 14.6 Å². The van der Waals surface area contributed by atoms with E-state index in [0.717, 1.165) is 64.2 Å². The zero-order valence-electron chi connectivity index (χ0n) is 18.7. The van der Waals surface area contributed by atoms with E-state index in [1.807, 2.05) is 0 Å². The zero-order valence-corrected chi connectivity index (χ0v) is 19.6. The molecular formula is C22H41NO6S. The minimum absolute atomic E-state index is 0.0821. The molecule has 0 spiro atoms. The van der Waals surface area contributed by atoms with Gasteiger partial charge in [0, 0.05) is 25.1 Å². The second kappa shape index (κ2) is 19.7. The fourth-order valence-electron chi connectivity index (χ4n) is 2.89. The summed E-state index contributed by atoms with van der Waals surface area (Å²) in [4.78, 5) is 35.2. The molecule has 1 unspecified atom stereocenters. The summed E-state index contributed by atoms with van der Waals surface area (Å²) >= 11 is 4.01.